The number of fused-ring (bicyclic) bond motifs is 1. The molecule has 6 rings (SSSR count). The van der Waals surface area contributed by atoms with Crippen molar-refractivity contribution in [2.24, 2.45) is 17.8 Å². The quantitative estimate of drug-likeness (QED) is 0.352. The van der Waals surface area contributed by atoms with E-state index in [1.165, 1.54) is 4.90 Å². The Labute approximate surface area is 251 Å². The molecule has 3 saturated heterocycles. The Bertz CT molecular complexity index is 1500. The van der Waals surface area contributed by atoms with Crippen LogP contribution >= 0.6 is 0 Å². The van der Waals surface area contributed by atoms with Gasteiger partial charge >= 0.3 is 0 Å². The van der Waals surface area contributed by atoms with Crippen molar-refractivity contribution in [2.75, 3.05) is 24.4 Å². The average Bonchev–Trinajstić information content (AvgIpc) is 3.53. The van der Waals surface area contributed by atoms with Gasteiger partial charge in [0.1, 0.15) is 17.4 Å². The number of aliphatic hydroxyl groups excluding tert-OH is 1. The molecule has 0 aromatic heterocycles. The van der Waals surface area contributed by atoms with Crippen molar-refractivity contribution in [1.82, 2.24) is 4.90 Å². The molecule has 3 aliphatic heterocycles. The van der Waals surface area contributed by atoms with Crippen LogP contribution in [0.15, 0.2) is 84.9 Å². The lowest BCUT2D eigenvalue weighted by Crippen LogP contribution is -2.57. The standard InChI is InChI=1S/C34H37N3O6/c1-21-19-34-28(27(33(21,2)43-34)30(39)35-23-12-8-5-9-13-23)32(41)37(25(20-38)18-22-10-6-4-7-11-22)29(34)31(40)36-24-14-16-26(42-3)17-15-24/h4-17,21,25,27-29,38H,18-20H2,1-3H3,(H,35,39)(H,36,40)/t21?,25-,27+,28+,29?,33-,34?/m1/s1. The van der Waals surface area contributed by atoms with Crippen molar-refractivity contribution in [3.63, 3.8) is 0 Å². The van der Waals surface area contributed by atoms with Crippen molar-refractivity contribution in [3.8, 4) is 5.75 Å². The molecule has 2 bridgehead atoms. The van der Waals surface area contributed by atoms with Crippen molar-refractivity contribution in [3.05, 3.63) is 90.5 Å². The monoisotopic (exact) mass is 583 g/mol. The van der Waals surface area contributed by atoms with E-state index in [0.29, 0.717) is 30.0 Å². The lowest BCUT2D eigenvalue weighted by molar-refractivity contribution is -0.147. The van der Waals surface area contributed by atoms with E-state index in [1.54, 1.807) is 43.5 Å². The first-order chi connectivity index (χ1) is 20.7. The maximum atomic E-state index is 14.6. The second kappa shape index (κ2) is 11.1. The summed E-state index contributed by atoms with van der Waals surface area (Å²) in [5.74, 6) is -2.29. The SMILES string of the molecule is COc1ccc(NC(=O)C2N([C@@H](CO)Cc3ccccc3)C(=O)[C@@H]3[C@@H](C(=O)Nc4ccccc4)[C@]4(C)OC23CC4C)cc1. The highest BCUT2D eigenvalue weighted by atomic mass is 16.5. The van der Waals surface area contributed by atoms with Gasteiger partial charge < -0.3 is 30.1 Å². The average molecular weight is 584 g/mol. The smallest absolute Gasteiger partial charge is 0.250 e. The Balaban J connectivity index is 1.41. The zero-order chi connectivity index (χ0) is 30.4. The number of rotatable bonds is 9. The summed E-state index contributed by atoms with van der Waals surface area (Å²) in [7, 11) is 1.57. The van der Waals surface area contributed by atoms with Gasteiger partial charge in [-0.2, -0.15) is 0 Å². The van der Waals surface area contributed by atoms with Gasteiger partial charge in [0.05, 0.1) is 37.2 Å². The molecule has 43 heavy (non-hydrogen) atoms. The molecule has 0 aliphatic carbocycles. The van der Waals surface area contributed by atoms with Gasteiger partial charge in [-0.1, -0.05) is 55.5 Å². The summed E-state index contributed by atoms with van der Waals surface area (Å²) in [6, 6.07) is 23.8. The summed E-state index contributed by atoms with van der Waals surface area (Å²) in [5, 5.41) is 16.6. The van der Waals surface area contributed by atoms with Crippen LogP contribution in [-0.2, 0) is 25.5 Å². The third-order valence-corrected chi connectivity index (χ3v) is 9.60. The number of carbonyl (C=O) groups is 3. The molecule has 224 valence electrons. The van der Waals surface area contributed by atoms with E-state index >= 15 is 0 Å². The van der Waals surface area contributed by atoms with Crippen LogP contribution in [0.4, 0.5) is 11.4 Å². The Morgan fingerprint density at radius 2 is 1.58 bits per heavy atom. The van der Waals surface area contributed by atoms with Crippen molar-refractivity contribution in [1.29, 1.82) is 0 Å². The van der Waals surface area contributed by atoms with Crippen LogP contribution < -0.4 is 15.4 Å². The molecule has 9 heteroatoms. The molecule has 9 nitrogen and oxygen atoms in total. The normalized spacial score (nSPS) is 29.7. The number of likely N-dealkylation sites (tertiary alicyclic amines) is 1. The Hall–Kier alpha value is -4.21. The fraction of sp³-hybridized carbons (Fsp3) is 0.382. The van der Waals surface area contributed by atoms with Crippen LogP contribution in [0, 0.1) is 17.8 Å². The molecule has 0 saturated carbocycles. The lowest BCUT2D eigenvalue weighted by atomic mass is 9.62. The topological polar surface area (TPSA) is 117 Å². The fourth-order valence-corrected chi connectivity index (χ4v) is 7.53. The largest absolute Gasteiger partial charge is 0.497 e. The number of amides is 3. The van der Waals surface area contributed by atoms with Crippen molar-refractivity contribution >= 4 is 29.1 Å². The summed E-state index contributed by atoms with van der Waals surface area (Å²) < 4.78 is 12.1. The molecule has 3 aromatic carbocycles. The molecule has 3 aliphatic rings. The summed E-state index contributed by atoms with van der Waals surface area (Å²) >= 11 is 0. The number of ether oxygens (including phenoxy) is 2. The number of hydrogen-bond donors (Lipinski definition) is 3. The van der Waals surface area contributed by atoms with Crippen molar-refractivity contribution < 1.29 is 29.0 Å². The van der Waals surface area contributed by atoms with E-state index in [-0.39, 0.29) is 24.3 Å². The zero-order valence-corrected chi connectivity index (χ0v) is 24.5. The van der Waals surface area contributed by atoms with Crippen LogP contribution in [0.1, 0.15) is 25.8 Å². The Morgan fingerprint density at radius 1 is 0.977 bits per heavy atom. The first kappa shape index (κ1) is 28.9. The number of hydrogen-bond acceptors (Lipinski definition) is 6. The van der Waals surface area contributed by atoms with Crippen molar-refractivity contribution in [2.45, 2.75) is 50.0 Å². The highest BCUT2D eigenvalue weighted by Gasteiger charge is 2.80. The Kier molecular flexibility index (Phi) is 7.48. The molecular formula is C34H37N3O6. The third-order valence-electron chi connectivity index (χ3n) is 9.60. The number of nitrogens with one attached hydrogen (secondary N) is 2. The van der Waals surface area contributed by atoms with Crippen LogP contribution in [0.2, 0.25) is 0 Å². The molecule has 3 N–H and O–H groups in total. The molecule has 0 radical (unpaired) electrons. The summed E-state index contributed by atoms with van der Waals surface area (Å²) in [5.41, 5.74) is -0.133. The van der Waals surface area contributed by atoms with Crippen LogP contribution in [0.3, 0.4) is 0 Å². The first-order valence-corrected chi connectivity index (χ1v) is 14.7. The molecule has 1 spiro atoms. The third kappa shape index (κ3) is 4.77. The van der Waals surface area contributed by atoms with E-state index in [9.17, 15) is 19.5 Å². The zero-order valence-electron chi connectivity index (χ0n) is 24.5. The number of benzene rings is 3. The number of aliphatic hydroxyl groups is 1. The maximum Gasteiger partial charge on any atom is 0.250 e. The molecule has 3 aromatic rings. The van der Waals surface area contributed by atoms with Gasteiger partial charge in [-0.25, -0.2) is 0 Å². The molecule has 3 heterocycles. The van der Waals surface area contributed by atoms with Gasteiger partial charge in [-0.15, -0.1) is 0 Å². The number of anilines is 2. The number of nitrogens with zero attached hydrogens (tertiary/aromatic N) is 1. The predicted octanol–water partition coefficient (Wildman–Crippen LogP) is 3.89. The number of carbonyl (C=O) groups excluding carboxylic acids is 3. The maximum absolute atomic E-state index is 14.6. The first-order valence-electron chi connectivity index (χ1n) is 14.7. The molecule has 7 atom stereocenters. The van der Waals surface area contributed by atoms with E-state index in [4.69, 9.17) is 9.47 Å². The molecule has 3 unspecified atom stereocenters. The number of para-hydroxylation sites is 1. The van der Waals surface area contributed by atoms with E-state index in [0.717, 1.165) is 5.56 Å². The fourth-order valence-electron chi connectivity index (χ4n) is 7.53. The second-order valence-corrected chi connectivity index (χ2v) is 12.0. The minimum absolute atomic E-state index is 0.110. The van der Waals surface area contributed by atoms with E-state index in [1.807, 2.05) is 62.4 Å². The Morgan fingerprint density at radius 3 is 2.21 bits per heavy atom. The van der Waals surface area contributed by atoms with Crippen LogP contribution in [0.25, 0.3) is 0 Å². The van der Waals surface area contributed by atoms with Gasteiger partial charge in [0, 0.05) is 11.4 Å². The number of methoxy groups -OCH3 is 1. The summed E-state index contributed by atoms with van der Waals surface area (Å²) in [6.07, 6.45) is 0.765. The highest BCUT2D eigenvalue weighted by molar-refractivity contribution is 6.05. The van der Waals surface area contributed by atoms with Gasteiger partial charge in [-0.3, -0.25) is 14.4 Å². The van der Waals surface area contributed by atoms with Gasteiger partial charge in [0.2, 0.25) is 17.7 Å². The molecule has 3 amide bonds. The van der Waals surface area contributed by atoms with E-state index < -0.39 is 41.0 Å². The highest BCUT2D eigenvalue weighted by Crippen LogP contribution is 2.65. The van der Waals surface area contributed by atoms with Crippen LogP contribution in [-0.4, -0.2) is 64.7 Å². The van der Waals surface area contributed by atoms with Gasteiger partial charge in [-0.05, 0) is 67.6 Å². The second-order valence-electron chi connectivity index (χ2n) is 12.0. The van der Waals surface area contributed by atoms with E-state index in [2.05, 4.69) is 10.6 Å². The summed E-state index contributed by atoms with van der Waals surface area (Å²) in [6.45, 7) is 3.53. The minimum Gasteiger partial charge on any atom is -0.497 e. The molecule has 3 fully saturated rings. The lowest BCUT2D eigenvalue weighted by Gasteiger charge is -2.37. The predicted molar refractivity (Wildman–Crippen MR) is 161 cm³/mol. The van der Waals surface area contributed by atoms with Gasteiger partial charge in [0.25, 0.3) is 0 Å². The van der Waals surface area contributed by atoms with Crippen LogP contribution in [0.5, 0.6) is 5.75 Å². The minimum atomic E-state index is -1.25. The summed E-state index contributed by atoms with van der Waals surface area (Å²) in [4.78, 5) is 44.4. The molecular weight excluding hydrogens is 546 g/mol. The van der Waals surface area contributed by atoms with Gasteiger partial charge in [0.15, 0.2) is 0 Å².